The van der Waals surface area contributed by atoms with E-state index < -0.39 is 18.9 Å². The summed E-state index contributed by atoms with van der Waals surface area (Å²) in [6, 6.07) is 8.47. The average molecular weight is 359 g/mol. The Hall–Kier alpha value is -3.29. The number of carbonyl (C=O) groups is 1. The van der Waals surface area contributed by atoms with E-state index in [1.807, 2.05) is 12.1 Å². The molecule has 0 unspecified atom stereocenters. The van der Waals surface area contributed by atoms with Crippen molar-refractivity contribution in [3.05, 3.63) is 59.6 Å². The number of alkyl halides is 2. The van der Waals surface area contributed by atoms with Crippen LogP contribution < -0.4 is 5.32 Å². The van der Waals surface area contributed by atoms with E-state index in [0.29, 0.717) is 16.5 Å². The van der Waals surface area contributed by atoms with Crippen LogP contribution in [-0.2, 0) is 4.74 Å². The number of hydrogen-bond donors (Lipinski definition) is 2. The van der Waals surface area contributed by atoms with Gasteiger partial charge in [0.15, 0.2) is 0 Å². The number of nitrogens with zero attached hydrogens (tertiary/aromatic N) is 1. The summed E-state index contributed by atoms with van der Waals surface area (Å²) >= 11 is 0. The van der Waals surface area contributed by atoms with E-state index in [9.17, 15) is 13.6 Å². The normalized spacial score (nSPS) is 10.9. The van der Waals surface area contributed by atoms with E-state index in [2.05, 4.69) is 15.0 Å². The Balaban J connectivity index is 2.04. The minimum absolute atomic E-state index is 0.0376. The SMILES string of the molecule is COC(=O)c1cc(NCC(F)F)c(C(=N)c2coc3ccccc23)cn1. The number of benzene rings is 1. The summed E-state index contributed by atoms with van der Waals surface area (Å²) in [5, 5.41) is 11.7. The summed E-state index contributed by atoms with van der Waals surface area (Å²) in [6.45, 7) is -0.628. The van der Waals surface area contributed by atoms with Gasteiger partial charge in [0, 0.05) is 28.4 Å². The molecule has 134 valence electrons. The third kappa shape index (κ3) is 3.39. The Labute approximate surface area is 147 Å². The maximum absolute atomic E-state index is 12.6. The summed E-state index contributed by atoms with van der Waals surface area (Å²) in [6.07, 6.45) is 0.115. The van der Waals surface area contributed by atoms with Crippen molar-refractivity contribution in [2.45, 2.75) is 6.43 Å². The molecule has 0 aliphatic rings. The van der Waals surface area contributed by atoms with Gasteiger partial charge < -0.3 is 14.5 Å². The molecule has 2 aromatic heterocycles. The van der Waals surface area contributed by atoms with Crippen LogP contribution in [0.25, 0.3) is 11.0 Å². The Morgan fingerprint density at radius 2 is 2.12 bits per heavy atom. The van der Waals surface area contributed by atoms with Crippen molar-refractivity contribution < 1.29 is 22.7 Å². The number of pyridine rings is 1. The maximum Gasteiger partial charge on any atom is 0.356 e. The van der Waals surface area contributed by atoms with E-state index in [1.165, 1.54) is 25.6 Å². The highest BCUT2D eigenvalue weighted by Gasteiger charge is 2.19. The molecule has 3 rings (SSSR count). The summed E-state index contributed by atoms with van der Waals surface area (Å²) in [5.41, 5.74) is 1.55. The smallest absolute Gasteiger partial charge is 0.356 e. The van der Waals surface area contributed by atoms with Gasteiger partial charge in [-0.05, 0) is 12.1 Å². The van der Waals surface area contributed by atoms with Crippen molar-refractivity contribution in [3.63, 3.8) is 0 Å². The van der Waals surface area contributed by atoms with Gasteiger partial charge in [0.25, 0.3) is 6.43 Å². The number of nitrogens with one attached hydrogen (secondary N) is 2. The zero-order valence-electron chi connectivity index (χ0n) is 13.8. The molecule has 0 bridgehead atoms. The van der Waals surface area contributed by atoms with Crippen LogP contribution in [0.2, 0.25) is 0 Å². The molecule has 6 nitrogen and oxygen atoms in total. The molecule has 0 aliphatic heterocycles. The summed E-state index contributed by atoms with van der Waals surface area (Å²) in [5.74, 6) is -0.697. The van der Waals surface area contributed by atoms with Crippen LogP contribution in [-0.4, -0.2) is 36.7 Å². The second kappa shape index (κ2) is 7.30. The molecule has 8 heteroatoms. The summed E-state index contributed by atoms with van der Waals surface area (Å²) < 4.78 is 35.3. The van der Waals surface area contributed by atoms with Gasteiger partial charge in [-0.1, -0.05) is 18.2 Å². The fourth-order valence-corrected chi connectivity index (χ4v) is 2.52. The Morgan fingerprint density at radius 1 is 1.35 bits per heavy atom. The van der Waals surface area contributed by atoms with Crippen molar-refractivity contribution in [2.24, 2.45) is 0 Å². The van der Waals surface area contributed by atoms with Crippen molar-refractivity contribution in [3.8, 4) is 0 Å². The second-order valence-electron chi connectivity index (χ2n) is 5.40. The molecule has 0 saturated heterocycles. The van der Waals surface area contributed by atoms with Gasteiger partial charge in [0.2, 0.25) is 0 Å². The molecule has 1 aromatic carbocycles. The molecule has 0 spiro atoms. The Morgan fingerprint density at radius 3 is 2.85 bits per heavy atom. The van der Waals surface area contributed by atoms with E-state index in [1.54, 1.807) is 12.1 Å². The molecule has 2 heterocycles. The first kappa shape index (κ1) is 17.5. The topological polar surface area (TPSA) is 88.2 Å². The molecule has 3 aromatic rings. The Kier molecular flexibility index (Phi) is 4.92. The van der Waals surface area contributed by atoms with Gasteiger partial charge in [0.05, 0.1) is 19.4 Å². The van der Waals surface area contributed by atoms with Crippen LogP contribution >= 0.6 is 0 Å². The summed E-state index contributed by atoms with van der Waals surface area (Å²) in [7, 11) is 1.20. The zero-order chi connectivity index (χ0) is 18.7. The molecule has 0 aliphatic carbocycles. The zero-order valence-corrected chi connectivity index (χ0v) is 13.8. The fourth-order valence-electron chi connectivity index (χ4n) is 2.52. The lowest BCUT2D eigenvalue weighted by atomic mass is 10.0. The largest absolute Gasteiger partial charge is 0.464 e. The lowest BCUT2D eigenvalue weighted by Gasteiger charge is -2.13. The number of para-hydroxylation sites is 1. The van der Waals surface area contributed by atoms with Crippen LogP contribution in [0, 0.1) is 5.41 Å². The average Bonchev–Trinajstić information content (AvgIpc) is 3.09. The predicted molar refractivity (Wildman–Crippen MR) is 92.2 cm³/mol. The standard InChI is InChI=1S/C18H15F2N3O3/c1-25-18(24)14-6-13(23-8-16(19)20)11(7-22-14)17(21)12-9-26-15-5-3-2-4-10(12)15/h2-7,9,16,21H,8H2,1H3,(H,22,23). The van der Waals surface area contributed by atoms with Crippen LogP contribution in [0.15, 0.2) is 47.2 Å². The second-order valence-corrected chi connectivity index (χ2v) is 5.40. The van der Waals surface area contributed by atoms with Crippen molar-refractivity contribution in [1.29, 1.82) is 5.41 Å². The highest BCUT2D eigenvalue weighted by Crippen LogP contribution is 2.26. The minimum atomic E-state index is -2.60. The highest BCUT2D eigenvalue weighted by molar-refractivity contribution is 6.19. The number of hydrogen-bond acceptors (Lipinski definition) is 6. The lowest BCUT2D eigenvalue weighted by molar-refractivity contribution is 0.0594. The third-order valence-electron chi connectivity index (χ3n) is 3.76. The quantitative estimate of drug-likeness (QED) is 0.517. The number of methoxy groups -OCH3 is 1. The number of carbonyl (C=O) groups excluding carboxylic acids is 1. The monoisotopic (exact) mass is 359 g/mol. The first-order valence-corrected chi connectivity index (χ1v) is 7.67. The van der Waals surface area contributed by atoms with E-state index in [0.717, 1.165) is 0 Å². The molecule has 26 heavy (non-hydrogen) atoms. The maximum atomic E-state index is 12.6. The van der Waals surface area contributed by atoms with Gasteiger partial charge >= 0.3 is 5.97 Å². The number of rotatable bonds is 6. The summed E-state index contributed by atoms with van der Waals surface area (Å²) in [4.78, 5) is 15.6. The van der Waals surface area contributed by atoms with Crippen LogP contribution in [0.1, 0.15) is 21.6 Å². The molecule has 0 radical (unpaired) electrons. The lowest BCUT2D eigenvalue weighted by Crippen LogP contribution is -2.16. The fraction of sp³-hybridized carbons (Fsp3) is 0.167. The number of furan rings is 1. The van der Waals surface area contributed by atoms with Gasteiger partial charge in [-0.25, -0.2) is 18.6 Å². The van der Waals surface area contributed by atoms with Crippen LogP contribution in [0.3, 0.4) is 0 Å². The van der Waals surface area contributed by atoms with E-state index in [4.69, 9.17) is 9.83 Å². The number of halogens is 2. The molecule has 0 atom stereocenters. The first-order valence-electron chi connectivity index (χ1n) is 7.67. The minimum Gasteiger partial charge on any atom is -0.464 e. The molecular weight excluding hydrogens is 344 g/mol. The van der Waals surface area contributed by atoms with Gasteiger partial charge in [-0.2, -0.15) is 0 Å². The predicted octanol–water partition coefficient (Wildman–Crippen LogP) is 3.71. The Bertz CT molecular complexity index is 969. The number of aromatic nitrogens is 1. The van der Waals surface area contributed by atoms with Crippen molar-refractivity contribution in [1.82, 2.24) is 4.98 Å². The number of fused-ring (bicyclic) bond motifs is 1. The molecule has 2 N–H and O–H groups in total. The third-order valence-corrected chi connectivity index (χ3v) is 3.76. The van der Waals surface area contributed by atoms with Gasteiger partial charge in [-0.3, -0.25) is 5.41 Å². The first-order chi connectivity index (χ1) is 12.5. The van der Waals surface area contributed by atoms with E-state index in [-0.39, 0.29) is 22.7 Å². The number of anilines is 1. The van der Waals surface area contributed by atoms with Gasteiger partial charge in [0.1, 0.15) is 17.5 Å². The number of ether oxygens (including phenoxy) is 1. The van der Waals surface area contributed by atoms with Crippen LogP contribution in [0.4, 0.5) is 14.5 Å². The highest BCUT2D eigenvalue weighted by atomic mass is 19.3. The van der Waals surface area contributed by atoms with Gasteiger partial charge in [-0.15, -0.1) is 0 Å². The van der Waals surface area contributed by atoms with Crippen molar-refractivity contribution in [2.75, 3.05) is 19.0 Å². The van der Waals surface area contributed by atoms with Crippen LogP contribution in [0.5, 0.6) is 0 Å². The molecule has 0 amide bonds. The number of esters is 1. The van der Waals surface area contributed by atoms with Crippen molar-refractivity contribution >= 4 is 28.3 Å². The molecular formula is C18H15F2N3O3. The van der Waals surface area contributed by atoms with E-state index >= 15 is 0 Å². The molecule has 0 fully saturated rings. The molecule has 0 saturated carbocycles.